The summed E-state index contributed by atoms with van der Waals surface area (Å²) in [6.45, 7) is 10.5. The molecule has 0 spiro atoms. The summed E-state index contributed by atoms with van der Waals surface area (Å²) in [6, 6.07) is 10.5. The van der Waals surface area contributed by atoms with Crippen molar-refractivity contribution in [2.75, 3.05) is 0 Å². The Balaban J connectivity index is 0.000000509. The van der Waals surface area contributed by atoms with Crippen molar-refractivity contribution in [2.24, 2.45) is 5.41 Å². The van der Waals surface area contributed by atoms with Crippen LogP contribution in [0.5, 0.6) is 0 Å². The number of hydrogen-bond acceptors (Lipinski definition) is 1. The standard InChI is InChI=1S/C12H16O.C3H8.C2H6/c1-12(8-11(13)9-12)7-10-5-3-2-4-6-10;1-3-2;1-2/h2-6,11,13H,7-9H2,1H3;3H2,1-2H3;1-2H3. The van der Waals surface area contributed by atoms with E-state index >= 15 is 0 Å². The molecule has 104 valence electrons. The predicted octanol–water partition coefficient (Wildman–Crippen LogP) is 4.83. The molecule has 1 aliphatic rings. The van der Waals surface area contributed by atoms with Crippen molar-refractivity contribution in [1.82, 2.24) is 0 Å². The molecule has 18 heavy (non-hydrogen) atoms. The van der Waals surface area contributed by atoms with E-state index in [2.05, 4.69) is 45.0 Å². The molecule has 1 fully saturated rings. The summed E-state index contributed by atoms with van der Waals surface area (Å²) in [6.07, 6.45) is 4.23. The van der Waals surface area contributed by atoms with Gasteiger partial charge in [0.15, 0.2) is 0 Å². The quantitative estimate of drug-likeness (QED) is 0.797. The molecule has 0 aromatic heterocycles. The number of aliphatic hydroxyl groups excluding tert-OH is 1. The first-order valence-electron chi connectivity index (χ1n) is 7.31. The van der Waals surface area contributed by atoms with Gasteiger partial charge in [-0.25, -0.2) is 0 Å². The summed E-state index contributed by atoms with van der Waals surface area (Å²) in [7, 11) is 0. The minimum Gasteiger partial charge on any atom is -0.393 e. The van der Waals surface area contributed by atoms with Crippen LogP contribution in [0.4, 0.5) is 0 Å². The minimum atomic E-state index is -0.0475. The van der Waals surface area contributed by atoms with E-state index in [-0.39, 0.29) is 6.10 Å². The predicted molar refractivity (Wildman–Crippen MR) is 80.8 cm³/mol. The van der Waals surface area contributed by atoms with E-state index < -0.39 is 0 Å². The molecule has 0 atom stereocenters. The molecule has 1 aromatic carbocycles. The average molecular weight is 250 g/mol. The van der Waals surface area contributed by atoms with E-state index in [1.165, 1.54) is 12.0 Å². The van der Waals surface area contributed by atoms with E-state index in [0.29, 0.717) is 5.41 Å². The SMILES string of the molecule is CC.CC1(Cc2ccccc2)CC(O)C1.CCC. The molecule has 0 radical (unpaired) electrons. The second-order valence-electron chi connectivity index (χ2n) is 5.24. The van der Waals surface area contributed by atoms with Crippen LogP contribution in [0, 0.1) is 5.41 Å². The van der Waals surface area contributed by atoms with Crippen LogP contribution in [-0.2, 0) is 6.42 Å². The monoisotopic (exact) mass is 250 g/mol. The normalized spacial score (nSPS) is 24.9. The molecule has 0 unspecified atom stereocenters. The highest BCUT2D eigenvalue weighted by atomic mass is 16.3. The maximum absolute atomic E-state index is 9.26. The molecule has 1 aliphatic carbocycles. The molecular formula is C17H30O. The Kier molecular flexibility index (Phi) is 8.74. The van der Waals surface area contributed by atoms with Crippen LogP contribution in [0.3, 0.4) is 0 Å². The van der Waals surface area contributed by atoms with Gasteiger partial charge in [-0.1, -0.05) is 71.4 Å². The van der Waals surface area contributed by atoms with E-state index in [9.17, 15) is 5.11 Å². The van der Waals surface area contributed by atoms with E-state index in [1.54, 1.807) is 0 Å². The van der Waals surface area contributed by atoms with Crippen molar-refractivity contribution in [1.29, 1.82) is 0 Å². The van der Waals surface area contributed by atoms with Crippen LogP contribution in [0.1, 0.15) is 59.4 Å². The number of benzene rings is 1. The van der Waals surface area contributed by atoms with Crippen LogP contribution in [0.2, 0.25) is 0 Å². The van der Waals surface area contributed by atoms with Crippen LogP contribution < -0.4 is 0 Å². The summed E-state index contributed by atoms with van der Waals surface area (Å²) in [4.78, 5) is 0. The van der Waals surface area contributed by atoms with Gasteiger partial charge in [-0.3, -0.25) is 0 Å². The van der Waals surface area contributed by atoms with Gasteiger partial charge in [-0.05, 0) is 30.2 Å². The molecule has 1 N–H and O–H groups in total. The first-order chi connectivity index (χ1) is 8.59. The zero-order valence-corrected chi connectivity index (χ0v) is 12.7. The van der Waals surface area contributed by atoms with E-state index in [0.717, 1.165) is 19.3 Å². The average Bonchev–Trinajstić information content (AvgIpc) is 2.32. The Morgan fingerprint density at radius 2 is 1.56 bits per heavy atom. The van der Waals surface area contributed by atoms with Crippen molar-refractivity contribution in [2.45, 2.75) is 66.4 Å². The zero-order chi connectivity index (χ0) is 14.0. The van der Waals surface area contributed by atoms with Crippen molar-refractivity contribution in [3.8, 4) is 0 Å². The smallest absolute Gasteiger partial charge is 0.0550 e. The fourth-order valence-electron chi connectivity index (χ4n) is 2.31. The molecule has 1 aromatic rings. The third-order valence-electron chi connectivity index (χ3n) is 2.93. The van der Waals surface area contributed by atoms with Gasteiger partial charge in [0.25, 0.3) is 0 Å². The molecule has 0 saturated heterocycles. The summed E-state index contributed by atoms with van der Waals surface area (Å²) in [5, 5.41) is 9.26. The number of rotatable bonds is 2. The summed E-state index contributed by atoms with van der Waals surface area (Å²) < 4.78 is 0. The Hall–Kier alpha value is -0.820. The van der Waals surface area contributed by atoms with Crippen LogP contribution in [0.15, 0.2) is 30.3 Å². The van der Waals surface area contributed by atoms with Crippen molar-refractivity contribution < 1.29 is 5.11 Å². The lowest BCUT2D eigenvalue weighted by Gasteiger charge is -2.42. The van der Waals surface area contributed by atoms with Crippen LogP contribution in [0.25, 0.3) is 0 Å². The lowest BCUT2D eigenvalue weighted by molar-refractivity contribution is -0.0197. The largest absolute Gasteiger partial charge is 0.393 e. The van der Waals surface area contributed by atoms with Gasteiger partial charge in [0.05, 0.1) is 6.10 Å². The summed E-state index contributed by atoms with van der Waals surface area (Å²) in [5.41, 5.74) is 1.73. The van der Waals surface area contributed by atoms with Gasteiger partial charge in [-0.15, -0.1) is 0 Å². The maximum Gasteiger partial charge on any atom is 0.0550 e. The highest BCUT2D eigenvalue weighted by molar-refractivity contribution is 5.17. The van der Waals surface area contributed by atoms with Crippen molar-refractivity contribution >= 4 is 0 Å². The molecule has 1 heteroatoms. The van der Waals surface area contributed by atoms with Gasteiger partial charge >= 0.3 is 0 Å². The van der Waals surface area contributed by atoms with Gasteiger partial charge in [-0.2, -0.15) is 0 Å². The molecule has 1 saturated carbocycles. The Labute approximate surface area is 113 Å². The van der Waals surface area contributed by atoms with Crippen LogP contribution >= 0.6 is 0 Å². The van der Waals surface area contributed by atoms with Crippen molar-refractivity contribution in [3.63, 3.8) is 0 Å². The molecule has 0 heterocycles. The molecule has 0 amide bonds. The first kappa shape index (κ1) is 17.2. The lowest BCUT2D eigenvalue weighted by Crippen LogP contribution is -2.39. The van der Waals surface area contributed by atoms with Crippen LogP contribution in [-0.4, -0.2) is 11.2 Å². The van der Waals surface area contributed by atoms with E-state index in [4.69, 9.17) is 0 Å². The fraction of sp³-hybridized carbons (Fsp3) is 0.647. The highest BCUT2D eigenvalue weighted by Gasteiger charge is 2.38. The molecular weight excluding hydrogens is 220 g/mol. The highest BCUT2D eigenvalue weighted by Crippen LogP contribution is 2.43. The Bertz CT molecular complexity index is 286. The molecule has 0 aliphatic heterocycles. The minimum absolute atomic E-state index is 0.0475. The maximum atomic E-state index is 9.26. The number of hydrogen-bond donors (Lipinski definition) is 1. The van der Waals surface area contributed by atoms with Crippen molar-refractivity contribution in [3.05, 3.63) is 35.9 Å². The topological polar surface area (TPSA) is 20.2 Å². The second kappa shape index (κ2) is 9.16. The fourth-order valence-corrected chi connectivity index (χ4v) is 2.31. The lowest BCUT2D eigenvalue weighted by atomic mass is 9.65. The Morgan fingerprint density at radius 1 is 1.11 bits per heavy atom. The molecule has 1 nitrogen and oxygen atoms in total. The van der Waals surface area contributed by atoms with Gasteiger partial charge in [0, 0.05) is 0 Å². The van der Waals surface area contributed by atoms with E-state index in [1.807, 2.05) is 19.9 Å². The molecule has 0 bridgehead atoms. The Morgan fingerprint density at radius 3 is 1.94 bits per heavy atom. The molecule has 2 rings (SSSR count). The zero-order valence-electron chi connectivity index (χ0n) is 12.7. The number of aliphatic hydroxyl groups is 1. The third kappa shape index (κ3) is 6.20. The van der Waals surface area contributed by atoms with Gasteiger partial charge in [0.1, 0.15) is 0 Å². The second-order valence-corrected chi connectivity index (χ2v) is 5.24. The third-order valence-corrected chi connectivity index (χ3v) is 2.93. The van der Waals surface area contributed by atoms with Gasteiger partial charge < -0.3 is 5.11 Å². The first-order valence-corrected chi connectivity index (χ1v) is 7.31. The van der Waals surface area contributed by atoms with Gasteiger partial charge in [0.2, 0.25) is 0 Å². The summed E-state index contributed by atoms with van der Waals surface area (Å²) >= 11 is 0. The summed E-state index contributed by atoms with van der Waals surface area (Å²) in [5.74, 6) is 0.